The van der Waals surface area contributed by atoms with Crippen LogP contribution < -0.4 is 5.11 Å². The fraction of sp³-hybridized carbons (Fsp3) is 0.250. The molecule has 2 aliphatic heterocycles. The van der Waals surface area contributed by atoms with Gasteiger partial charge in [0.1, 0.15) is 16.1 Å². The second-order valence-corrected chi connectivity index (χ2v) is 6.42. The Morgan fingerprint density at radius 1 is 1.40 bits per heavy atom. The zero-order chi connectivity index (χ0) is 13.7. The number of hydrogen-bond donors (Lipinski definition) is 0. The van der Waals surface area contributed by atoms with Crippen LogP contribution in [0.1, 0.15) is 5.01 Å². The first kappa shape index (κ1) is 12.1. The van der Waals surface area contributed by atoms with Crippen molar-refractivity contribution in [3.8, 4) is 5.75 Å². The molecule has 102 valence electrons. The lowest BCUT2D eigenvalue weighted by Gasteiger charge is -2.24. The Balaban J connectivity index is 1.65. The quantitative estimate of drug-likeness (QED) is 0.772. The predicted molar refractivity (Wildman–Crippen MR) is 72.8 cm³/mol. The van der Waals surface area contributed by atoms with E-state index >= 15 is 0 Å². The maximum atomic E-state index is 11.3. The topological polar surface area (TPSA) is 83.8 Å². The number of thiazole rings is 1. The highest BCUT2D eigenvalue weighted by molar-refractivity contribution is 8.15. The molecule has 0 radical (unpaired) electrons. The lowest BCUT2D eigenvalue weighted by Crippen LogP contribution is -2.46. The Bertz CT molecular complexity index is 742. The SMILES string of the molecule is O=C1OOC1C1CSC(c2nc3ccc([O-])cc3s2)=N1. The van der Waals surface area contributed by atoms with Gasteiger partial charge in [0, 0.05) is 5.75 Å². The molecule has 2 aromatic rings. The normalized spacial score (nSPS) is 25.4. The van der Waals surface area contributed by atoms with E-state index in [1.54, 1.807) is 12.1 Å². The molecule has 0 saturated carbocycles. The number of carbonyl (C=O) groups is 1. The van der Waals surface area contributed by atoms with Gasteiger partial charge in [-0.3, -0.25) is 9.88 Å². The maximum Gasteiger partial charge on any atom is 0.377 e. The standard InChI is InChI=1S/C12H8N2O4S2/c15-5-1-2-6-8(3-5)20-11(13-6)10-14-7(4-19-10)9-12(16)18-17-9/h1-3,7,9,15H,4H2/p-1. The van der Waals surface area contributed by atoms with Crippen molar-refractivity contribution in [1.29, 1.82) is 0 Å². The van der Waals surface area contributed by atoms with Gasteiger partial charge in [0.15, 0.2) is 0 Å². The van der Waals surface area contributed by atoms with Crippen LogP contribution in [0.2, 0.25) is 0 Å². The zero-order valence-corrected chi connectivity index (χ0v) is 11.6. The molecule has 1 aromatic heterocycles. The fourth-order valence-corrected chi connectivity index (χ4v) is 4.17. The summed E-state index contributed by atoms with van der Waals surface area (Å²) in [6, 6.07) is 4.55. The summed E-state index contributed by atoms with van der Waals surface area (Å²) in [5.41, 5.74) is 0.788. The predicted octanol–water partition coefficient (Wildman–Crippen LogP) is 1.09. The van der Waals surface area contributed by atoms with Crippen LogP contribution in [0.25, 0.3) is 10.2 Å². The van der Waals surface area contributed by atoms with Crippen molar-refractivity contribution < 1.29 is 19.7 Å². The van der Waals surface area contributed by atoms with Gasteiger partial charge in [0.2, 0.25) is 6.10 Å². The van der Waals surface area contributed by atoms with E-state index in [-0.39, 0.29) is 17.8 Å². The van der Waals surface area contributed by atoms with Gasteiger partial charge in [-0.25, -0.2) is 9.78 Å². The van der Waals surface area contributed by atoms with E-state index < -0.39 is 6.10 Å². The second kappa shape index (κ2) is 4.44. The largest absolute Gasteiger partial charge is 0.872 e. The molecule has 1 saturated heterocycles. The second-order valence-electron chi connectivity index (χ2n) is 4.38. The van der Waals surface area contributed by atoms with Crippen molar-refractivity contribution in [3.63, 3.8) is 0 Å². The van der Waals surface area contributed by atoms with E-state index in [2.05, 4.69) is 14.9 Å². The monoisotopic (exact) mass is 307 g/mol. The Morgan fingerprint density at radius 2 is 2.30 bits per heavy atom. The Kier molecular flexibility index (Phi) is 2.69. The van der Waals surface area contributed by atoms with E-state index in [1.807, 2.05) is 0 Å². The summed E-state index contributed by atoms with van der Waals surface area (Å²) >= 11 is 2.96. The number of benzene rings is 1. The van der Waals surface area contributed by atoms with Crippen LogP contribution >= 0.6 is 23.1 Å². The highest BCUT2D eigenvalue weighted by atomic mass is 32.2. The van der Waals surface area contributed by atoms with Gasteiger partial charge in [-0.15, -0.1) is 28.8 Å². The molecule has 1 aromatic carbocycles. The first-order chi connectivity index (χ1) is 9.70. The zero-order valence-electron chi connectivity index (χ0n) is 9.94. The van der Waals surface area contributed by atoms with E-state index in [0.717, 1.165) is 20.3 Å². The summed E-state index contributed by atoms with van der Waals surface area (Å²) in [6.45, 7) is 0. The molecule has 0 spiro atoms. The van der Waals surface area contributed by atoms with Gasteiger partial charge < -0.3 is 5.11 Å². The molecule has 4 rings (SSSR count). The highest BCUT2D eigenvalue weighted by Crippen LogP contribution is 2.33. The van der Waals surface area contributed by atoms with Gasteiger partial charge in [-0.2, -0.15) is 4.89 Å². The third kappa shape index (κ3) is 1.88. The summed E-state index contributed by atoms with van der Waals surface area (Å²) in [5, 5.41) is 12.9. The number of nitrogens with zero attached hydrogens (tertiary/aromatic N) is 2. The molecule has 0 aliphatic carbocycles. The first-order valence-corrected chi connectivity index (χ1v) is 7.67. The molecule has 3 heterocycles. The van der Waals surface area contributed by atoms with E-state index in [4.69, 9.17) is 4.89 Å². The number of fused-ring (bicyclic) bond motifs is 1. The van der Waals surface area contributed by atoms with Crippen LogP contribution in [-0.2, 0) is 14.6 Å². The molecule has 1 fully saturated rings. The summed E-state index contributed by atoms with van der Waals surface area (Å²) in [7, 11) is 0. The third-order valence-corrected chi connectivity index (χ3v) is 5.27. The molecule has 0 bridgehead atoms. The first-order valence-electron chi connectivity index (χ1n) is 5.86. The minimum absolute atomic E-state index is 0.0304. The lowest BCUT2D eigenvalue weighted by atomic mass is 10.2. The van der Waals surface area contributed by atoms with Crippen molar-refractivity contribution in [2.45, 2.75) is 12.1 Å². The van der Waals surface area contributed by atoms with Crippen molar-refractivity contribution in [1.82, 2.24) is 4.98 Å². The van der Waals surface area contributed by atoms with Gasteiger partial charge in [0.25, 0.3) is 0 Å². The van der Waals surface area contributed by atoms with Crippen LogP contribution in [0.5, 0.6) is 5.75 Å². The summed E-state index contributed by atoms with van der Waals surface area (Å²) in [5.74, 6) is 0.260. The fourth-order valence-electron chi connectivity index (χ4n) is 2.02. The van der Waals surface area contributed by atoms with Crippen molar-refractivity contribution in [2.24, 2.45) is 4.99 Å². The molecule has 6 nitrogen and oxygen atoms in total. The summed E-state index contributed by atoms with van der Waals surface area (Å²) in [6.07, 6.45) is -0.595. The Hall–Kier alpha value is -1.64. The van der Waals surface area contributed by atoms with E-state index in [0.29, 0.717) is 5.75 Å². The van der Waals surface area contributed by atoms with Gasteiger partial charge in [-0.1, -0.05) is 12.1 Å². The number of rotatable bonds is 2. The van der Waals surface area contributed by atoms with Crippen LogP contribution in [-0.4, -0.2) is 33.9 Å². The molecule has 0 amide bonds. The average Bonchev–Trinajstić information content (AvgIpc) is 3.02. The molecular weight excluding hydrogens is 300 g/mol. The minimum Gasteiger partial charge on any atom is -0.872 e. The van der Waals surface area contributed by atoms with E-state index in [1.165, 1.54) is 29.2 Å². The molecule has 0 N–H and O–H groups in total. The molecule has 2 atom stereocenters. The van der Waals surface area contributed by atoms with Gasteiger partial charge >= 0.3 is 5.97 Å². The van der Waals surface area contributed by atoms with Crippen molar-refractivity contribution in [3.05, 3.63) is 23.2 Å². The molecule has 2 aliphatic rings. The van der Waals surface area contributed by atoms with E-state index in [9.17, 15) is 9.90 Å². The summed E-state index contributed by atoms with van der Waals surface area (Å²) < 4.78 is 0.846. The minimum atomic E-state index is -0.595. The number of aliphatic imine (C=N–C) groups is 1. The Morgan fingerprint density at radius 3 is 3.05 bits per heavy atom. The average molecular weight is 307 g/mol. The van der Waals surface area contributed by atoms with Crippen LogP contribution in [0.4, 0.5) is 0 Å². The number of aromatic nitrogens is 1. The van der Waals surface area contributed by atoms with Crippen molar-refractivity contribution in [2.75, 3.05) is 5.75 Å². The lowest BCUT2D eigenvalue weighted by molar-refractivity contribution is -0.363. The molecule has 2 unspecified atom stereocenters. The van der Waals surface area contributed by atoms with Gasteiger partial charge in [0.05, 0.1) is 10.2 Å². The maximum absolute atomic E-state index is 11.3. The molecular formula is C12H7N2O4S2-. The van der Waals surface area contributed by atoms with Crippen LogP contribution in [0.3, 0.4) is 0 Å². The number of thioether (sulfide) groups is 1. The molecule has 20 heavy (non-hydrogen) atoms. The highest BCUT2D eigenvalue weighted by Gasteiger charge is 2.43. The Labute approximate surface area is 121 Å². The van der Waals surface area contributed by atoms with Crippen LogP contribution in [0, 0.1) is 0 Å². The smallest absolute Gasteiger partial charge is 0.377 e. The molecule has 8 heteroatoms. The number of hydrogen-bond acceptors (Lipinski definition) is 8. The summed E-state index contributed by atoms with van der Waals surface area (Å²) in [4.78, 5) is 29.2. The third-order valence-electron chi connectivity index (χ3n) is 3.03. The van der Waals surface area contributed by atoms with Crippen molar-refractivity contribution >= 4 is 44.3 Å². The van der Waals surface area contributed by atoms with Gasteiger partial charge in [-0.05, 0) is 6.07 Å². The number of carbonyl (C=O) groups excluding carboxylic acids is 1. The van der Waals surface area contributed by atoms with Crippen LogP contribution in [0.15, 0.2) is 23.2 Å².